The van der Waals surface area contributed by atoms with Crippen molar-refractivity contribution < 1.29 is 4.79 Å². The van der Waals surface area contributed by atoms with Gasteiger partial charge in [-0.3, -0.25) is 0 Å². The number of ketones is 1. The van der Waals surface area contributed by atoms with Gasteiger partial charge in [-0.05, 0) is 31.7 Å². The van der Waals surface area contributed by atoms with Crippen LogP contribution in [0.3, 0.4) is 0 Å². The monoisotopic (exact) mass is 328 g/mol. The van der Waals surface area contributed by atoms with E-state index in [1.54, 1.807) is 6.92 Å². The summed E-state index contributed by atoms with van der Waals surface area (Å²) >= 11 is 0. The molecule has 0 unspecified atom stereocenters. The number of allylic oxidation sites excluding steroid dienone is 1. The predicted octanol–water partition coefficient (Wildman–Crippen LogP) is 7.36. The first-order valence-corrected chi connectivity index (χ1v) is 10.00. The van der Waals surface area contributed by atoms with Crippen molar-refractivity contribution in [3.05, 3.63) is 42.0 Å². The van der Waals surface area contributed by atoms with Gasteiger partial charge in [-0.15, -0.1) is 0 Å². The summed E-state index contributed by atoms with van der Waals surface area (Å²) in [5, 5.41) is 0. The number of hydrogen-bond acceptors (Lipinski definition) is 1. The fraction of sp³-hybridized carbons (Fsp3) is 0.609. The second-order valence-corrected chi connectivity index (χ2v) is 6.94. The summed E-state index contributed by atoms with van der Waals surface area (Å²) in [5.74, 6) is 0.338. The molecule has 24 heavy (non-hydrogen) atoms. The number of unbranched alkanes of at least 4 members (excludes halogenated alkanes) is 11. The molecule has 0 bridgehead atoms. The van der Waals surface area contributed by atoms with Gasteiger partial charge >= 0.3 is 0 Å². The Labute approximate surface area is 149 Å². The summed E-state index contributed by atoms with van der Waals surface area (Å²) in [6, 6.07) is 10.5. The predicted molar refractivity (Wildman–Crippen MR) is 106 cm³/mol. The van der Waals surface area contributed by atoms with E-state index >= 15 is 0 Å². The van der Waals surface area contributed by atoms with Gasteiger partial charge < -0.3 is 4.79 Å². The molecule has 0 aliphatic carbocycles. The number of Topliss-reactive ketones (excluding diaryl/α,β-unsaturated/α-hetero) is 1. The average Bonchev–Trinajstić information content (AvgIpc) is 2.59. The lowest BCUT2D eigenvalue weighted by Gasteiger charge is -2.02. The van der Waals surface area contributed by atoms with Crippen LogP contribution in [0.25, 0.3) is 6.08 Å². The summed E-state index contributed by atoms with van der Waals surface area (Å²) < 4.78 is 0. The molecule has 0 saturated heterocycles. The minimum Gasteiger partial charge on any atom is -0.300 e. The fourth-order valence-corrected chi connectivity index (χ4v) is 3.01. The summed E-state index contributed by atoms with van der Waals surface area (Å²) in [5.41, 5.74) is 1.30. The highest BCUT2D eigenvalue weighted by atomic mass is 16.1. The van der Waals surface area contributed by atoms with Crippen LogP contribution in [0, 0.1) is 0 Å². The summed E-state index contributed by atoms with van der Waals surface area (Å²) in [6.07, 6.45) is 21.1. The van der Waals surface area contributed by atoms with Gasteiger partial charge in [0, 0.05) is 6.42 Å². The van der Waals surface area contributed by atoms with Gasteiger partial charge in [0.25, 0.3) is 0 Å². The topological polar surface area (TPSA) is 17.1 Å². The highest BCUT2D eigenvalue weighted by Gasteiger charge is 1.95. The Bertz CT molecular complexity index is 433. The molecule has 1 aromatic carbocycles. The SMILES string of the molecule is CC(=O)CCCCCCCCCCCCCC=Cc1ccccc1. The van der Waals surface area contributed by atoms with Crippen molar-refractivity contribution in [3.8, 4) is 0 Å². The lowest BCUT2D eigenvalue weighted by Crippen LogP contribution is -1.89. The molecule has 1 heteroatoms. The number of carbonyl (C=O) groups is 1. The van der Waals surface area contributed by atoms with E-state index in [2.05, 4.69) is 42.5 Å². The highest BCUT2D eigenvalue weighted by molar-refractivity contribution is 5.75. The van der Waals surface area contributed by atoms with Crippen LogP contribution in [-0.2, 0) is 4.79 Å². The molecule has 0 N–H and O–H groups in total. The molecule has 1 nitrogen and oxygen atoms in total. The molecule has 0 fully saturated rings. The van der Waals surface area contributed by atoms with E-state index < -0.39 is 0 Å². The zero-order valence-corrected chi connectivity index (χ0v) is 15.6. The van der Waals surface area contributed by atoms with Crippen molar-refractivity contribution in [2.45, 2.75) is 90.4 Å². The Morgan fingerprint density at radius 2 is 1.25 bits per heavy atom. The van der Waals surface area contributed by atoms with E-state index in [9.17, 15) is 4.79 Å². The Balaban J connectivity index is 1.78. The van der Waals surface area contributed by atoms with Crippen LogP contribution in [0.2, 0.25) is 0 Å². The van der Waals surface area contributed by atoms with Gasteiger partial charge in [0.15, 0.2) is 0 Å². The largest absolute Gasteiger partial charge is 0.300 e. The third-order valence-corrected chi connectivity index (χ3v) is 4.51. The Morgan fingerprint density at radius 1 is 0.750 bits per heavy atom. The van der Waals surface area contributed by atoms with Crippen molar-refractivity contribution in [2.75, 3.05) is 0 Å². The van der Waals surface area contributed by atoms with Crippen molar-refractivity contribution in [1.29, 1.82) is 0 Å². The average molecular weight is 329 g/mol. The molecule has 0 heterocycles. The van der Waals surface area contributed by atoms with E-state index in [0.29, 0.717) is 5.78 Å². The minimum atomic E-state index is 0.338. The zero-order chi connectivity index (χ0) is 17.3. The molecule has 0 aliphatic rings. The van der Waals surface area contributed by atoms with Crippen molar-refractivity contribution in [2.24, 2.45) is 0 Å². The smallest absolute Gasteiger partial charge is 0.129 e. The second-order valence-electron chi connectivity index (χ2n) is 6.94. The Kier molecular flexibility index (Phi) is 13.1. The summed E-state index contributed by atoms with van der Waals surface area (Å²) in [4.78, 5) is 10.8. The number of rotatable bonds is 15. The van der Waals surface area contributed by atoms with E-state index in [4.69, 9.17) is 0 Å². The molecule has 0 aliphatic heterocycles. The van der Waals surface area contributed by atoms with Gasteiger partial charge in [-0.25, -0.2) is 0 Å². The van der Waals surface area contributed by atoms with E-state index in [1.165, 1.54) is 76.2 Å². The molecule has 0 spiro atoms. The molecule has 1 aromatic rings. The molecule has 1 rings (SSSR count). The van der Waals surface area contributed by atoms with Crippen LogP contribution >= 0.6 is 0 Å². The van der Waals surface area contributed by atoms with Crippen molar-refractivity contribution >= 4 is 11.9 Å². The second kappa shape index (κ2) is 15.2. The summed E-state index contributed by atoms with van der Waals surface area (Å²) in [6.45, 7) is 1.69. The fourth-order valence-electron chi connectivity index (χ4n) is 3.01. The van der Waals surface area contributed by atoms with Crippen LogP contribution in [-0.4, -0.2) is 5.78 Å². The Morgan fingerprint density at radius 3 is 1.79 bits per heavy atom. The van der Waals surface area contributed by atoms with Crippen LogP contribution in [0.15, 0.2) is 36.4 Å². The lowest BCUT2D eigenvalue weighted by atomic mass is 10.0. The van der Waals surface area contributed by atoms with Crippen molar-refractivity contribution in [1.82, 2.24) is 0 Å². The number of hydrogen-bond donors (Lipinski definition) is 0. The molecule has 0 saturated carbocycles. The molecule has 134 valence electrons. The molecule has 0 amide bonds. The maximum absolute atomic E-state index is 10.8. The summed E-state index contributed by atoms with van der Waals surface area (Å²) in [7, 11) is 0. The third-order valence-electron chi connectivity index (χ3n) is 4.51. The first-order valence-electron chi connectivity index (χ1n) is 10.00. The molecule has 0 radical (unpaired) electrons. The first-order chi connectivity index (χ1) is 11.8. The van der Waals surface area contributed by atoms with E-state index in [0.717, 1.165) is 12.8 Å². The lowest BCUT2D eigenvalue weighted by molar-refractivity contribution is -0.117. The first kappa shape index (κ1) is 20.7. The molecule has 0 atom stereocenters. The van der Waals surface area contributed by atoms with Crippen LogP contribution < -0.4 is 0 Å². The maximum Gasteiger partial charge on any atom is 0.129 e. The standard InChI is InChI=1S/C23H36O/c1-22(24)18-14-11-9-7-5-3-2-4-6-8-10-12-15-19-23-20-16-13-17-21-23/h13,15-17,19-21H,2-12,14,18H2,1H3. The quantitative estimate of drug-likeness (QED) is 0.307. The normalized spacial score (nSPS) is 11.2. The van der Waals surface area contributed by atoms with Gasteiger partial charge in [-0.2, -0.15) is 0 Å². The van der Waals surface area contributed by atoms with Gasteiger partial charge in [-0.1, -0.05) is 100 Å². The van der Waals surface area contributed by atoms with Crippen LogP contribution in [0.1, 0.15) is 96.0 Å². The minimum absolute atomic E-state index is 0.338. The number of benzene rings is 1. The molecular formula is C23H36O. The van der Waals surface area contributed by atoms with E-state index in [1.807, 2.05) is 0 Å². The third kappa shape index (κ3) is 13.1. The highest BCUT2D eigenvalue weighted by Crippen LogP contribution is 2.13. The molecule has 0 aromatic heterocycles. The van der Waals surface area contributed by atoms with Crippen LogP contribution in [0.5, 0.6) is 0 Å². The number of carbonyl (C=O) groups excluding carboxylic acids is 1. The maximum atomic E-state index is 10.8. The van der Waals surface area contributed by atoms with Gasteiger partial charge in [0.05, 0.1) is 0 Å². The Hall–Kier alpha value is -1.37. The van der Waals surface area contributed by atoms with Gasteiger partial charge in [0.1, 0.15) is 5.78 Å². The van der Waals surface area contributed by atoms with Crippen molar-refractivity contribution in [3.63, 3.8) is 0 Å². The van der Waals surface area contributed by atoms with E-state index in [-0.39, 0.29) is 0 Å². The molecular weight excluding hydrogens is 292 g/mol. The zero-order valence-electron chi connectivity index (χ0n) is 15.6. The van der Waals surface area contributed by atoms with Gasteiger partial charge in [0.2, 0.25) is 0 Å². The van der Waals surface area contributed by atoms with Crippen LogP contribution in [0.4, 0.5) is 0 Å².